The van der Waals surface area contributed by atoms with Gasteiger partial charge in [0.15, 0.2) is 0 Å². The number of amidine groups is 1. The highest BCUT2D eigenvalue weighted by Crippen LogP contribution is 1.49. The van der Waals surface area contributed by atoms with E-state index < -0.39 is 0 Å². The monoisotopic (exact) mass is 89.0 g/mol. The van der Waals surface area contributed by atoms with Gasteiger partial charge in [-0.2, -0.15) is 0 Å². The lowest BCUT2D eigenvalue weighted by Gasteiger charge is -1.95. The summed E-state index contributed by atoms with van der Waals surface area (Å²) >= 11 is 4.31. The second-order valence-corrected chi connectivity index (χ2v) is 0.980. The van der Waals surface area contributed by atoms with Crippen molar-refractivity contribution < 1.29 is 0 Å². The maximum atomic E-state index is 4.86. The van der Waals surface area contributed by atoms with Crippen LogP contribution in [-0.4, -0.2) is 12.2 Å². The van der Waals surface area contributed by atoms with Gasteiger partial charge in [-0.25, -0.2) is 0 Å². The maximum absolute atomic E-state index is 4.86. The van der Waals surface area contributed by atoms with Gasteiger partial charge in [0, 0.05) is 7.05 Å². The topological polar surface area (TPSA) is 38.4 Å². The maximum Gasteiger partial charge on any atom is 0.0275 e. The molecule has 0 aromatic carbocycles. The van der Waals surface area contributed by atoms with E-state index in [1.54, 1.807) is 7.05 Å². The SMILES string of the molecule is CN=C(N)[S-]. The molecule has 0 spiro atoms. The number of aliphatic imine (C=N–C) groups is 1. The summed E-state index contributed by atoms with van der Waals surface area (Å²) in [5.74, 6) is 0. The predicted octanol–water partition coefficient (Wildman–Crippen LogP) is -0.522. The van der Waals surface area contributed by atoms with Crippen LogP contribution in [0.1, 0.15) is 0 Å². The Kier molecular flexibility index (Phi) is 1.84. The molecule has 0 unspecified atom stereocenters. The predicted molar refractivity (Wildman–Crippen MR) is 24.9 cm³/mol. The van der Waals surface area contributed by atoms with Crippen molar-refractivity contribution >= 4 is 17.8 Å². The molecular formula is C2H5N2S-. The Balaban J connectivity index is 3.14. The highest BCUT2D eigenvalue weighted by Gasteiger charge is 1.45. The Labute approximate surface area is 36.5 Å². The average Bonchev–Trinajstić information content (AvgIpc) is 1.38. The van der Waals surface area contributed by atoms with Gasteiger partial charge in [0.25, 0.3) is 0 Å². The molecule has 30 valence electrons. The van der Waals surface area contributed by atoms with Crippen LogP contribution < -0.4 is 5.73 Å². The van der Waals surface area contributed by atoms with Crippen molar-refractivity contribution in [1.82, 2.24) is 0 Å². The summed E-state index contributed by atoms with van der Waals surface area (Å²) in [6.45, 7) is 0. The summed E-state index contributed by atoms with van der Waals surface area (Å²) in [6.07, 6.45) is 0. The molecule has 0 saturated carbocycles. The summed E-state index contributed by atoms with van der Waals surface area (Å²) in [7, 11) is 1.56. The normalized spacial score (nSPS) is 11.8. The van der Waals surface area contributed by atoms with Crippen molar-refractivity contribution in [3.8, 4) is 0 Å². The lowest BCUT2D eigenvalue weighted by molar-refractivity contribution is 1.44. The zero-order valence-electron chi connectivity index (χ0n) is 2.93. The van der Waals surface area contributed by atoms with Crippen LogP contribution in [0.25, 0.3) is 0 Å². The first-order valence-corrected chi connectivity index (χ1v) is 1.57. The first kappa shape index (κ1) is 4.69. The molecule has 0 bridgehead atoms. The lowest BCUT2D eigenvalue weighted by Crippen LogP contribution is -2.04. The molecule has 0 heterocycles. The first-order chi connectivity index (χ1) is 2.27. The summed E-state index contributed by atoms with van der Waals surface area (Å²) in [5.41, 5.74) is 4.86. The van der Waals surface area contributed by atoms with Crippen LogP contribution in [0, 0.1) is 0 Å². The van der Waals surface area contributed by atoms with Gasteiger partial charge < -0.3 is 23.4 Å². The lowest BCUT2D eigenvalue weighted by atomic mass is 11.3. The van der Waals surface area contributed by atoms with Crippen molar-refractivity contribution in [2.75, 3.05) is 7.05 Å². The van der Waals surface area contributed by atoms with E-state index in [4.69, 9.17) is 5.73 Å². The Morgan fingerprint density at radius 3 is 2.20 bits per heavy atom. The number of hydrogen-bond donors (Lipinski definition) is 1. The fourth-order valence-electron chi connectivity index (χ4n) is 0. The summed E-state index contributed by atoms with van der Waals surface area (Å²) in [5, 5.41) is 0.213. The quantitative estimate of drug-likeness (QED) is 0.246. The molecule has 0 amide bonds. The largest absolute Gasteiger partial charge is 0.743 e. The molecule has 2 nitrogen and oxygen atoms in total. The van der Waals surface area contributed by atoms with Crippen LogP contribution in [-0.2, 0) is 12.6 Å². The second kappa shape index (κ2) is 1.96. The minimum Gasteiger partial charge on any atom is -0.743 e. The molecule has 3 heteroatoms. The van der Waals surface area contributed by atoms with E-state index in [-0.39, 0.29) is 5.17 Å². The van der Waals surface area contributed by atoms with E-state index in [0.29, 0.717) is 0 Å². The smallest absolute Gasteiger partial charge is 0.0275 e. The van der Waals surface area contributed by atoms with E-state index >= 15 is 0 Å². The van der Waals surface area contributed by atoms with Gasteiger partial charge in [-0.05, 0) is 5.17 Å². The molecule has 0 aliphatic carbocycles. The molecule has 0 radical (unpaired) electrons. The van der Waals surface area contributed by atoms with Gasteiger partial charge >= 0.3 is 0 Å². The minimum atomic E-state index is 0.213. The Morgan fingerprint density at radius 1 is 2.00 bits per heavy atom. The summed E-state index contributed by atoms with van der Waals surface area (Å²) in [6, 6.07) is 0. The molecule has 0 saturated heterocycles. The average molecular weight is 89.1 g/mol. The molecule has 0 aliphatic heterocycles. The Hall–Kier alpha value is -0.310. The molecular weight excluding hydrogens is 84.1 g/mol. The van der Waals surface area contributed by atoms with Crippen molar-refractivity contribution in [3.63, 3.8) is 0 Å². The fourth-order valence-corrected chi connectivity index (χ4v) is 0. The van der Waals surface area contributed by atoms with Crippen LogP contribution >= 0.6 is 0 Å². The van der Waals surface area contributed by atoms with Crippen molar-refractivity contribution in [2.45, 2.75) is 0 Å². The van der Waals surface area contributed by atoms with Crippen LogP contribution in [0.4, 0.5) is 0 Å². The Bertz CT molecular complexity index is 45.6. The molecule has 0 fully saturated rings. The molecule has 0 aliphatic rings. The Morgan fingerprint density at radius 2 is 2.20 bits per heavy atom. The van der Waals surface area contributed by atoms with Gasteiger partial charge in [0.1, 0.15) is 0 Å². The standard InChI is InChI=1S/C2H6N2S/c1-4-2(3)5/h1H3,(H3,3,4,5)/p-1. The van der Waals surface area contributed by atoms with Gasteiger partial charge in [-0.3, -0.25) is 0 Å². The zero-order valence-corrected chi connectivity index (χ0v) is 3.75. The molecule has 2 N–H and O–H groups in total. The van der Waals surface area contributed by atoms with Crippen LogP contribution in [0.2, 0.25) is 0 Å². The third kappa shape index (κ3) is 3.69. The zero-order chi connectivity index (χ0) is 4.28. The molecule has 0 atom stereocenters. The summed E-state index contributed by atoms with van der Waals surface area (Å²) < 4.78 is 0. The van der Waals surface area contributed by atoms with Crippen LogP contribution in [0.3, 0.4) is 0 Å². The van der Waals surface area contributed by atoms with E-state index in [2.05, 4.69) is 17.6 Å². The highest BCUT2D eigenvalue weighted by molar-refractivity contribution is 7.77. The van der Waals surface area contributed by atoms with Gasteiger partial charge in [0.05, 0.1) is 0 Å². The third-order valence-electron chi connectivity index (χ3n) is 0.220. The van der Waals surface area contributed by atoms with E-state index in [9.17, 15) is 0 Å². The molecule has 5 heavy (non-hydrogen) atoms. The molecule has 0 aromatic heterocycles. The molecule has 0 aromatic rings. The van der Waals surface area contributed by atoms with Gasteiger partial charge in [-0.15, -0.1) is 0 Å². The molecule has 0 rings (SSSR count). The van der Waals surface area contributed by atoms with Crippen LogP contribution in [0.5, 0.6) is 0 Å². The number of nitrogens with two attached hydrogens (primary N) is 1. The van der Waals surface area contributed by atoms with E-state index in [1.165, 1.54) is 0 Å². The number of hydrogen-bond acceptors (Lipinski definition) is 2. The highest BCUT2D eigenvalue weighted by atomic mass is 32.1. The van der Waals surface area contributed by atoms with E-state index in [0.717, 1.165) is 0 Å². The second-order valence-electron chi connectivity index (χ2n) is 0.562. The number of rotatable bonds is 0. The van der Waals surface area contributed by atoms with Crippen molar-refractivity contribution in [1.29, 1.82) is 0 Å². The van der Waals surface area contributed by atoms with E-state index in [1.807, 2.05) is 0 Å². The third-order valence-corrected chi connectivity index (χ3v) is 0.403. The fraction of sp³-hybridized carbons (Fsp3) is 0.500. The van der Waals surface area contributed by atoms with Crippen LogP contribution in [0.15, 0.2) is 4.99 Å². The van der Waals surface area contributed by atoms with Crippen molar-refractivity contribution in [3.05, 3.63) is 0 Å². The first-order valence-electron chi connectivity index (χ1n) is 1.16. The van der Waals surface area contributed by atoms with Crippen molar-refractivity contribution in [2.24, 2.45) is 10.7 Å². The summed E-state index contributed by atoms with van der Waals surface area (Å²) in [4.78, 5) is 3.40. The van der Waals surface area contributed by atoms with Gasteiger partial charge in [0.2, 0.25) is 0 Å². The number of nitrogens with zero attached hydrogens (tertiary/aromatic N) is 1. The van der Waals surface area contributed by atoms with Gasteiger partial charge in [-0.1, -0.05) is 0 Å². The minimum absolute atomic E-state index is 0.213.